The van der Waals surface area contributed by atoms with E-state index in [-0.39, 0.29) is 6.61 Å². The van der Waals surface area contributed by atoms with Gasteiger partial charge in [0.05, 0.1) is 15.1 Å². The van der Waals surface area contributed by atoms with Crippen LogP contribution in [0.1, 0.15) is 5.56 Å². The molecule has 0 amide bonds. The van der Waals surface area contributed by atoms with Crippen molar-refractivity contribution in [2.45, 2.75) is 4.34 Å². The zero-order chi connectivity index (χ0) is 16.8. The predicted octanol–water partition coefficient (Wildman–Crippen LogP) is 4.86. The highest BCUT2D eigenvalue weighted by molar-refractivity contribution is 8.05. The number of fused-ring (bicyclic) bond motifs is 1. The second-order valence-electron chi connectivity index (χ2n) is 4.65. The van der Waals surface area contributed by atoms with Gasteiger partial charge in [-0.1, -0.05) is 30.3 Å². The number of allylic oxidation sites excluding steroid dienone is 1. The molecule has 24 heavy (non-hydrogen) atoms. The summed E-state index contributed by atoms with van der Waals surface area (Å²) in [5.74, 6) is 0.580. The Morgan fingerprint density at radius 2 is 1.96 bits per heavy atom. The summed E-state index contributed by atoms with van der Waals surface area (Å²) in [6, 6.07) is 19.3. The molecule has 0 aliphatic rings. The third-order valence-electron chi connectivity index (χ3n) is 3.08. The Morgan fingerprint density at radius 1 is 1.17 bits per heavy atom. The monoisotopic (exact) mass is 349 g/mol. The third-order valence-corrected chi connectivity index (χ3v) is 5.11. The van der Waals surface area contributed by atoms with Crippen LogP contribution in [0.5, 0.6) is 5.75 Å². The summed E-state index contributed by atoms with van der Waals surface area (Å²) in [5, 5.41) is 18.1. The highest BCUT2D eigenvalue weighted by atomic mass is 32.2. The zero-order valence-corrected chi connectivity index (χ0v) is 14.1. The molecule has 0 aliphatic heterocycles. The van der Waals surface area contributed by atoms with Crippen molar-refractivity contribution in [2.24, 2.45) is 0 Å². The molecule has 0 saturated heterocycles. The lowest BCUT2D eigenvalue weighted by atomic mass is 10.2. The molecule has 6 heteroatoms. The third kappa shape index (κ3) is 3.75. The standard InChI is InChI=1S/C18H11N3OS2/c19-9-10-22-16-7-3-1-5-13(16)11-14(12-20)23-18-21-15-6-2-4-8-17(15)24-18/h1-8,11H,10H2. The van der Waals surface area contributed by atoms with Crippen molar-refractivity contribution in [1.29, 1.82) is 10.5 Å². The first kappa shape index (κ1) is 16.1. The van der Waals surface area contributed by atoms with Crippen LogP contribution in [0.4, 0.5) is 0 Å². The lowest BCUT2D eigenvalue weighted by Gasteiger charge is -2.05. The molecule has 0 unspecified atom stereocenters. The first-order valence-corrected chi connectivity index (χ1v) is 8.67. The van der Waals surface area contributed by atoms with Crippen molar-refractivity contribution < 1.29 is 4.74 Å². The smallest absolute Gasteiger partial charge is 0.174 e. The van der Waals surface area contributed by atoms with Gasteiger partial charge in [-0.25, -0.2) is 4.98 Å². The van der Waals surface area contributed by atoms with Gasteiger partial charge in [0.15, 0.2) is 10.9 Å². The van der Waals surface area contributed by atoms with E-state index in [0.717, 1.165) is 20.1 Å². The Bertz CT molecular complexity index is 947. The molecule has 4 nitrogen and oxygen atoms in total. The molecule has 0 N–H and O–H groups in total. The van der Waals surface area contributed by atoms with E-state index in [1.807, 2.05) is 48.5 Å². The van der Waals surface area contributed by atoms with Crippen molar-refractivity contribution in [2.75, 3.05) is 6.61 Å². The minimum atomic E-state index is -0.0300. The zero-order valence-electron chi connectivity index (χ0n) is 12.5. The highest BCUT2D eigenvalue weighted by Gasteiger charge is 2.08. The number of aromatic nitrogens is 1. The van der Waals surface area contributed by atoms with Crippen molar-refractivity contribution in [1.82, 2.24) is 4.98 Å². The van der Waals surface area contributed by atoms with Gasteiger partial charge in [-0.2, -0.15) is 10.5 Å². The maximum absolute atomic E-state index is 9.44. The van der Waals surface area contributed by atoms with E-state index < -0.39 is 0 Å². The lowest BCUT2D eigenvalue weighted by Crippen LogP contribution is -1.95. The Morgan fingerprint density at radius 3 is 2.75 bits per heavy atom. The van der Waals surface area contributed by atoms with Gasteiger partial charge in [-0.3, -0.25) is 0 Å². The second-order valence-corrected chi connectivity index (χ2v) is 6.97. The minimum Gasteiger partial charge on any atom is -0.478 e. The number of hydrogen-bond acceptors (Lipinski definition) is 6. The molecule has 116 valence electrons. The number of nitriles is 2. The van der Waals surface area contributed by atoms with Crippen LogP contribution < -0.4 is 4.74 Å². The Labute approximate surface area is 147 Å². The van der Waals surface area contributed by atoms with Gasteiger partial charge in [-0.15, -0.1) is 11.3 Å². The van der Waals surface area contributed by atoms with Crippen molar-refractivity contribution in [3.05, 3.63) is 59.0 Å². The Kier molecular flexibility index (Phi) is 5.12. The van der Waals surface area contributed by atoms with Gasteiger partial charge in [-0.05, 0) is 36.0 Å². The van der Waals surface area contributed by atoms with Crippen LogP contribution in [0, 0.1) is 22.7 Å². The molecule has 1 heterocycles. The van der Waals surface area contributed by atoms with Crippen LogP contribution >= 0.6 is 23.1 Å². The summed E-state index contributed by atoms with van der Waals surface area (Å²) in [5.41, 5.74) is 1.69. The first-order chi connectivity index (χ1) is 11.8. The van der Waals surface area contributed by atoms with Gasteiger partial charge in [0, 0.05) is 5.56 Å². The molecule has 2 aromatic carbocycles. The number of ether oxygens (including phenoxy) is 1. The maximum atomic E-state index is 9.44. The number of para-hydroxylation sites is 2. The van der Waals surface area contributed by atoms with Gasteiger partial charge in [0.25, 0.3) is 0 Å². The Balaban J connectivity index is 1.87. The average molecular weight is 349 g/mol. The maximum Gasteiger partial charge on any atom is 0.174 e. The quantitative estimate of drug-likeness (QED) is 0.486. The SMILES string of the molecule is N#CCOc1ccccc1C=C(C#N)Sc1nc2ccccc2s1. The topological polar surface area (TPSA) is 69.7 Å². The van der Waals surface area contributed by atoms with E-state index in [4.69, 9.17) is 10.00 Å². The highest BCUT2D eigenvalue weighted by Crippen LogP contribution is 2.35. The van der Waals surface area contributed by atoms with Gasteiger partial charge in [0.2, 0.25) is 0 Å². The van der Waals surface area contributed by atoms with E-state index in [1.54, 1.807) is 23.5 Å². The van der Waals surface area contributed by atoms with Gasteiger partial charge < -0.3 is 4.74 Å². The second kappa shape index (κ2) is 7.65. The summed E-state index contributed by atoms with van der Waals surface area (Å²) in [6.07, 6.45) is 1.75. The van der Waals surface area contributed by atoms with E-state index in [2.05, 4.69) is 11.1 Å². The molecule has 0 aliphatic carbocycles. The summed E-state index contributed by atoms with van der Waals surface area (Å²) in [4.78, 5) is 5.05. The fourth-order valence-corrected chi connectivity index (χ4v) is 4.02. The number of rotatable bonds is 5. The lowest BCUT2D eigenvalue weighted by molar-refractivity contribution is 0.367. The summed E-state index contributed by atoms with van der Waals surface area (Å²) in [6.45, 7) is -0.0300. The molecular weight excluding hydrogens is 338 g/mol. The fourth-order valence-electron chi connectivity index (χ4n) is 2.06. The van der Waals surface area contributed by atoms with E-state index in [1.165, 1.54) is 11.8 Å². The van der Waals surface area contributed by atoms with Crippen molar-refractivity contribution in [3.63, 3.8) is 0 Å². The van der Waals surface area contributed by atoms with Crippen LogP contribution in [0.3, 0.4) is 0 Å². The van der Waals surface area contributed by atoms with Crippen molar-refractivity contribution >= 4 is 39.4 Å². The van der Waals surface area contributed by atoms with Crippen LogP contribution in [-0.2, 0) is 0 Å². The molecule has 0 fully saturated rings. The summed E-state index contributed by atoms with van der Waals surface area (Å²) in [7, 11) is 0. The Hall–Kier alpha value is -2.80. The van der Waals surface area contributed by atoms with Crippen LogP contribution in [0.15, 0.2) is 57.8 Å². The normalized spacial score (nSPS) is 11.0. The molecule has 0 saturated carbocycles. The fraction of sp³-hybridized carbons (Fsp3) is 0.0556. The number of nitrogens with zero attached hydrogens (tertiary/aromatic N) is 3. The molecule has 0 radical (unpaired) electrons. The van der Waals surface area contributed by atoms with Gasteiger partial charge in [0.1, 0.15) is 17.9 Å². The molecular formula is C18H11N3OS2. The summed E-state index contributed by atoms with van der Waals surface area (Å²) >= 11 is 2.88. The van der Waals surface area contributed by atoms with Gasteiger partial charge >= 0.3 is 0 Å². The number of hydrogen-bond donors (Lipinski definition) is 0. The van der Waals surface area contributed by atoms with E-state index >= 15 is 0 Å². The van der Waals surface area contributed by atoms with Crippen LogP contribution in [-0.4, -0.2) is 11.6 Å². The molecule has 3 rings (SSSR count). The van der Waals surface area contributed by atoms with E-state index in [9.17, 15) is 5.26 Å². The molecule has 0 atom stereocenters. The number of benzene rings is 2. The van der Waals surface area contributed by atoms with Crippen LogP contribution in [0.2, 0.25) is 0 Å². The first-order valence-electron chi connectivity index (χ1n) is 7.04. The molecule has 1 aromatic heterocycles. The van der Waals surface area contributed by atoms with Crippen LogP contribution in [0.25, 0.3) is 16.3 Å². The predicted molar refractivity (Wildman–Crippen MR) is 96.6 cm³/mol. The molecule has 0 spiro atoms. The molecule has 0 bridgehead atoms. The minimum absolute atomic E-state index is 0.0300. The number of thioether (sulfide) groups is 1. The largest absolute Gasteiger partial charge is 0.478 e. The molecule has 3 aromatic rings. The summed E-state index contributed by atoms with van der Waals surface area (Å²) < 4.78 is 7.30. The van der Waals surface area contributed by atoms with E-state index in [0.29, 0.717) is 10.7 Å². The number of thiazole rings is 1. The van der Waals surface area contributed by atoms with Crippen molar-refractivity contribution in [3.8, 4) is 17.9 Å². The average Bonchev–Trinajstić information content (AvgIpc) is 3.02.